The number of aromatic nitrogens is 2. The molecular formula is C18H26Cu4N30. The van der Waals surface area contributed by atoms with E-state index < -0.39 is 0 Å². The van der Waals surface area contributed by atoms with E-state index >= 15 is 0 Å². The minimum atomic E-state index is 0. The van der Waals surface area contributed by atoms with Crippen molar-refractivity contribution in [2.75, 3.05) is 40.3 Å². The molecule has 4 radical (unpaired) electrons. The second-order valence-corrected chi connectivity index (χ2v) is 5.50. The maximum absolute atomic E-state index is 6.75. The molecule has 0 aliphatic carbocycles. The summed E-state index contributed by atoms with van der Waals surface area (Å²) < 4.78 is 0. The number of hydrogen-bond donors (Lipinski definition) is 2. The van der Waals surface area contributed by atoms with Crippen LogP contribution in [0, 0.1) is 0 Å². The predicted molar refractivity (Wildman–Crippen MR) is 182 cm³/mol. The quantitative estimate of drug-likeness (QED) is 0.0657. The second kappa shape index (κ2) is 111. The number of rotatable bonds is 8. The van der Waals surface area contributed by atoms with Crippen molar-refractivity contribution in [3.8, 4) is 0 Å². The van der Waals surface area contributed by atoms with E-state index in [1.54, 1.807) is 24.8 Å². The van der Waals surface area contributed by atoms with E-state index in [-0.39, 0.29) is 68.3 Å². The van der Waals surface area contributed by atoms with Gasteiger partial charge in [0.05, 0.1) is 24.5 Å². The molecule has 0 saturated heterocycles. The van der Waals surface area contributed by atoms with Gasteiger partial charge in [0.2, 0.25) is 0 Å². The van der Waals surface area contributed by atoms with Crippen LogP contribution in [-0.4, -0.2) is 62.7 Å². The molecule has 0 aromatic carbocycles. The summed E-state index contributed by atoms with van der Waals surface area (Å²) in [6.07, 6.45) is 7.10. The van der Waals surface area contributed by atoms with E-state index in [0.29, 0.717) is 0 Å². The van der Waals surface area contributed by atoms with Crippen molar-refractivity contribution in [1.82, 2.24) is 20.6 Å². The number of pyridine rings is 2. The van der Waals surface area contributed by atoms with Crippen molar-refractivity contribution >= 4 is 12.4 Å². The van der Waals surface area contributed by atoms with Crippen molar-refractivity contribution in [2.45, 2.75) is 0 Å². The van der Waals surface area contributed by atoms with Crippen LogP contribution >= 0.6 is 0 Å². The van der Waals surface area contributed by atoms with Crippen molar-refractivity contribution in [1.29, 1.82) is 0 Å². The van der Waals surface area contributed by atoms with Crippen LogP contribution in [-0.2, 0) is 68.3 Å². The van der Waals surface area contributed by atoms with Crippen LogP contribution in [0.25, 0.3) is 128 Å². The molecule has 0 unspecified atom stereocenters. The fourth-order valence-corrected chi connectivity index (χ4v) is 1.57. The first kappa shape index (κ1) is 80.6. The molecule has 30 nitrogen and oxygen atoms in total. The van der Waals surface area contributed by atoms with E-state index in [9.17, 15) is 0 Å². The first-order valence-electron chi connectivity index (χ1n) is 11.2. The van der Waals surface area contributed by atoms with E-state index in [1.165, 1.54) is 39.3 Å². The van der Waals surface area contributed by atoms with Crippen LogP contribution in [0.5, 0.6) is 0 Å². The molecular weight excluding hydrogens is 891 g/mol. The molecule has 0 spiro atoms. The van der Waals surface area contributed by atoms with Gasteiger partial charge in [-0.1, -0.05) is 12.1 Å². The zero-order valence-corrected chi connectivity index (χ0v) is 30.1. The SMILES string of the molecule is CNCCN=Cc1ccccn1.CNCCN=Cc1ccccn1.[Cu+2].[Cu+2].[Cu+2].[Cu+2].[N-]=[N+]=[N-].[N-]=[N+]=[N-].[N-]=[N+]=[N-].[N-]=[N+]=[N-].[N-]=[N+]=[N-].[N-]=[N+]=[N-].[N-]=[N+]=[N-].[N-]=[N+]=[N-]. The van der Waals surface area contributed by atoms with E-state index in [2.05, 4.69) is 30.6 Å². The molecule has 2 aromatic heterocycles. The molecule has 2 aromatic rings. The molecule has 0 amide bonds. The molecule has 0 aliphatic heterocycles. The molecule has 292 valence electrons. The van der Waals surface area contributed by atoms with Gasteiger partial charge in [-0.15, -0.1) is 0 Å². The van der Waals surface area contributed by atoms with Crippen molar-refractivity contribution in [3.05, 3.63) is 188 Å². The third-order valence-electron chi connectivity index (χ3n) is 2.80. The summed E-state index contributed by atoms with van der Waals surface area (Å²) in [5, 5.41) is 6.04. The summed E-state index contributed by atoms with van der Waals surface area (Å²) in [4.78, 5) is 28.6. The molecule has 2 rings (SSSR count). The zero-order valence-electron chi connectivity index (χ0n) is 26.3. The largest absolute Gasteiger partial charge is 2.00 e. The van der Waals surface area contributed by atoms with E-state index in [4.69, 9.17) is 88.5 Å². The topological polar surface area (TPSA) is 544 Å². The predicted octanol–water partition coefficient (Wildman–Crippen LogP) is 8.36. The smallest absolute Gasteiger partial charge is 0.373 e. The van der Waals surface area contributed by atoms with E-state index in [0.717, 1.165) is 37.6 Å². The monoisotopic (exact) mass is 914 g/mol. The van der Waals surface area contributed by atoms with Crippen LogP contribution < -0.4 is 10.6 Å². The maximum atomic E-state index is 6.75. The first-order valence-corrected chi connectivity index (χ1v) is 11.2. The number of nitrogens with one attached hydrogen (secondary N) is 2. The third kappa shape index (κ3) is 168. The Hall–Kier alpha value is -5.88. The van der Waals surface area contributed by atoms with Crippen molar-refractivity contribution < 1.29 is 68.3 Å². The normalized spacial score (nSPS) is 6.19. The molecule has 52 heavy (non-hydrogen) atoms. The molecule has 0 aliphatic rings. The van der Waals surface area contributed by atoms with Gasteiger partial charge in [0, 0.05) is 37.9 Å². The van der Waals surface area contributed by atoms with Gasteiger partial charge in [0.15, 0.2) is 0 Å². The summed E-state index contributed by atoms with van der Waals surface area (Å²) >= 11 is 0. The van der Waals surface area contributed by atoms with Crippen LogP contribution in [0.15, 0.2) is 58.8 Å². The van der Waals surface area contributed by atoms with Gasteiger partial charge in [-0.3, -0.25) is 59.2 Å². The standard InChI is InChI=1S/2C9H13N3.4Cu.8N3/c2*1-10-6-7-11-8-9-4-2-3-5-12-9;;;;;8*1-3-2/h2*2-5,8,10H,6-7H2,1H3;;;;;;;;;;;;/q;;4*+2;8*-1. The third-order valence-corrected chi connectivity index (χ3v) is 2.80. The van der Waals surface area contributed by atoms with Crippen LogP contribution in [0.4, 0.5) is 0 Å². The Labute approximate surface area is 338 Å². The Morgan fingerprint density at radius 1 is 0.462 bits per heavy atom. The molecule has 0 atom stereocenters. The summed E-state index contributed by atoms with van der Waals surface area (Å²) in [5.41, 5.74) is 110. The Balaban J connectivity index is -0.0000000371. The summed E-state index contributed by atoms with van der Waals surface area (Å²) in [6, 6.07) is 11.6. The molecule has 0 bridgehead atoms. The van der Waals surface area contributed by atoms with Gasteiger partial charge in [-0.05, 0) is 38.4 Å². The van der Waals surface area contributed by atoms with Crippen LogP contribution in [0.1, 0.15) is 11.4 Å². The van der Waals surface area contributed by atoms with Gasteiger partial charge < -0.3 is 99.1 Å². The zero-order chi connectivity index (χ0) is 39.0. The van der Waals surface area contributed by atoms with Crippen molar-refractivity contribution in [3.63, 3.8) is 0 Å². The van der Waals surface area contributed by atoms with E-state index in [1.807, 2.05) is 50.5 Å². The van der Waals surface area contributed by atoms with Gasteiger partial charge >= 0.3 is 68.3 Å². The first-order chi connectivity index (χ1) is 23.2. The van der Waals surface area contributed by atoms with Gasteiger partial charge in [-0.2, -0.15) is 0 Å². The van der Waals surface area contributed by atoms with Gasteiger partial charge in [0.25, 0.3) is 0 Å². The summed E-state index contributed by atoms with van der Waals surface area (Å²) in [5.74, 6) is 0. The fourth-order valence-electron chi connectivity index (χ4n) is 1.57. The molecule has 0 fully saturated rings. The number of nitrogens with zero attached hydrogens (tertiary/aromatic N) is 28. The van der Waals surface area contributed by atoms with Crippen LogP contribution in [0.2, 0.25) is 0 Å². The van der Waals surface area contributed by atoms with Crippen LogP contribution in [0.3, 0.4) is 0 Å². The summed E-state index contributed by atoms with van der Waals surface area (Å²) in [6.45, 7) is 3.41. The minimum absolute atomic E-state index is 0. The van der Waals surface area contributed by atoms with Gasteiger partial charge in [0.1, 0.15) is 0 Å². The Kier molecular flexibility index (Phi) is 172. The molecule has 2 heterocycles. The second-order valence-electron chi connectivity index (χ2n) is 5.50. The number of likely N-dealkylation sites (N-methyl/N-ethyl adjacent to an activating group) is 2. The molecule has 34 heteroatoms. The molecule has 2 N–H and O–H groups in total. The number of aliphatic imine (C=N–C) groups is 2. The average molecular weight is 917 g/mol. The Bertz CT molecular complexity index is 1080. The maximum Gasteiger partial charge on any atom is 2.00 e. The van der Waals surface area contributed by atoms with Crippen molar-refractivity contribution in [2.24, 2.45) is 9.98 Å². The Morgan fingerprint density at radius 2 is 0.673 bits per heavy atom. The summed E-state index contributed by atoms with van der Waals surface area (Å²) in [7, 11) is 3.83. The Morgan fingerprint density at radius 3 is 0.827 bits per heavy atom. The minimum Gasteiger partial charge on any atom is -0.373 e. The number of hydrogen-bond acceptors (Lipinski definition) is 6. The van der Waals surface area contributed by atoms with Gasteiger partial charge in [-0.25, -0.2) is 0 Å². The fraction of sp³-hybridized carbons (Fsp3) is 0.333. The molecule has 0 saturated carbocycles. The average Bonchev–Trinajstić information content (AvgIpc) is 3.06.